The van der Waals surface area contributed by atoms with E-state index in [1.165, 1.54) is 0 Å². The van der Waals surface area contributed by atoms with Crippen LogP contribution in [-0.2, 0) is 0 Å². The maximum Gasteiger partial charge on any atom is 0.256 e. The van der Waals surface area contributed by atoms with Crippen LogP contribution in [0.5, 0.6) is 0 Å². The number of nitrogens with zero attached hydrogens (tertiary/aromatic N) is 1. The van der Waals surface area contributed by atoms with Crippen molar-refractivity contribution in [1.82, 2.24) is 4.90 Å². The molecule has 0 radical (unpaired) electrons. The van der Waals surface area contributed by atoms with Crippen molar-refractivity contribution in [3.63, 3.8) is 0 Å². The molecule has 0 aliphatic rings. The number of rotatable bonds is 5. The maximum absolute atomic E-state index is 12.1. The number of nitrogens with one attached hydrogen (secondary N) is 1. The number of nitrogens with two attached hydrogens (primary N) is 1. The van der Waals surface area contributed by atoms with Gasteiger partial charge in [0.1, 0.15) is 0 Å². The van der Waals surface area contributed by atoms with Gasteiger partial charge in [-0.05, 0) is 19.1 Å². The van der Waals surface area contributed by atoms with Crippen molar-refractivity contribution >= 4 is 11.6 Å². The minimum atomic E-state index is -0.134. The SMILES string of the molecule is CCN(CCO)C(=O)c1ccccc1NN. The van der Waals surface area contributed by atoms with Crippen LogP contribution < -0.4 is 11.3 Å². The molecule has 1 aromatic carbocycles. The number of hydrazine groups is 1. The normalized spacial score (nSPS) is 9.94. The number of benzene rings is 1. The molecule has 5 heteroatoms. The van der Waals surface area contributed by atoms with Gasteiger partial charge in [0.25, 0.3) is 5.91 Å². The molecule has 1 aromatic rings. The fraction of sp³-hybridized carbons (Fsp3) is 0.364. The van der Waals surface area contributed by atoms with E-state index in [4.69, 9.17) is 10.9 Å². The Morgan fingerprint density at radius 2 is 2.19 bits per heavy atom. The Hall–Kier alpha value is -1.59. The molecule has 4 N–H and O–H groups in total. The predicted octanol–water partition coefficient (Wildman–Crippen LogP) is 0.427. The van der Waals surface area contributed by atoms with Crippen LogP contribution in [-0.4, -0.2) is 35.6 Å². The van der Waals surface area contributed by atoms with Gasteiger partial charge in [-0.1, -0.05) is 12.1 Å². The van der Waals surface area contributed by atoms with Crippen molar-refractivity contribution in [2.24, 2.45) is 5.84 Å². The van der Waals surface area contributed by atoms with E-state index in [0.717, 1.165) is 0 Å². The predicted molar refractivity (Wildman–Crippen MR) is 62.9 cm³/mol. The van der Waals surface area contributed by atoms with Crippen molar-refractivity contribution in [3.8, 4) is 0 Å². The first-order valence-corrected chi connectivity index (χ1v) is 5.20. The first-order chi connectivity index (χ1) is 7.74. The second-order valence-corrected chi connectivity index (χ2v) is 3.30. The summed E-state index contributed by atoms with van der Waals surface area (Å²) in [5, 5.41) is 8.86. The van der Waals surface area contributed by atoms with E-state index in [2.05, 4.69) is 5.43 Å². The number of likely N-dealkylation sites (N-methyl/N-ethyl adjacent to an activating group) is 1. The monoisotopic (exact) mass is 223 g/mol. The first-order valence-electron chi connectivity index (χ1n) is 5.20. The first kappa shape index (κ1) is 12.5. The lowest BCUT2D eigenvalue weighted by molar-refractivity contribution is 0.0733. The van der Waals surface area contributed by atoms with E-state index in [9.17, 15) is 4.79 Å². The molecule has 0 aliphatic heterocycles. The number of anilines is 1. The van der Waals surface area contributed by atoms with E-state index < -0.39 is 0 Å². The zero-order valence-electron chi connectivity index (χ0n) is 9.31. The third-order valence-electron chi connectivity index (χ3n) is 2.35. The van der Waals surface area contributed by atoms with Gasteiger partial charge in [0, 0.05) is 13.1 Å². The molecule has 0 aromatic heterocycles. The van der Waals surface area contributed by atoms with E-state index in [0.29, 0.717) is 24.3 Å². The van der Waals surface area contributed by atoms with Crippen LogP contribution in [0.1, 0.15) is 17.3 Å². The molecule has 0 spiro atoms. The molecular weight excluding hydrogens is 206 g/mol. The number of carbonyl (C=O) groups excluding carboxylic acids is 1. The Balaban J connectivity index is 2.93. The molecule has 0 saturated heterocycles. The standard InChI is InChI=1S/C11H17N3O2/c1-2-14(7-8-15)11(16)9-5-3-4-6-10(9)13-12/h3-6,13,15H,2,7-8,12H2,1H3. The number of carbonyl (C=O) groups is 1. The molecular formula is C11H17N3O2. The number of nitrogen functional groups attached to an aromatic ring is 1. The molecule has 1 rings (SSSR count). The highest BCUT2D eigenvalue weighted by atomic mass is 16.3. The topological polar surface area (TPSA) is 78.6 Å². The van der Waals surface area contributed by atoms with Gasteiger partial charge >= 0.3 is 0 Å². The largest absolute Gasteiger partial charge is 0.395 e. The molecule has 5 nitrogen and oxygen atoms in total. The van der Waals surface area contributed by atoms with Crippen LogP contribution in [0, 0.1) is 0 Å². The summed E-state index contributed by atoms with van der Waals surface area (Å²) in [4.78, 5) is 13.6. The third kappa shape index (κ3) is 2.71. The molecule has 0 saturated carbocycles. The molecule has 16 heavy (non-hydrogen) atoms. The van der Waals surface area contributed by atoms with Crippen molar-refractivity contribution in [3.05, 3.63) is 29.8 Å². The zero-order valence-corrected chi connectivity index (χ0v) is 9.31. The van der Waals surface area contributed by atoms with Crippen molar-refractivity contribution in [1.29, 1.82) is 0 Å². The van der Waals surface area contributed by atoms with Crippen LogP contribution in [0.2, 0.25) is 0 Å². The summed E-state index contributed by atoms with van der Waals surface area (Å²) < 4.78 is 0. The van der Waals surface area contributed by atoms with Gasteiger partial charge in [-0.15, -0.1) is 0 Å². The lowest BCUT2D eigenvalue weighted by Gasteiger charge is -2.20. The van der Waals surface area contributed by atoms with Crippen molar-refractivity contribution in [2.75, 3.05) is 25.1 Å². The van der Waals surface area contributed by atoms with Gasteiger partial charge in [0.2, 0.25) is 0 Å². The number of amides is 1. The Morgan fingerprint density at radius 1 is 1.50 bits per heavy atom. The minimum absolute atomic E-state index is 0.0438. The molecule has 0 aliphatic carbocycles. The van der Waals surface area contributed by atoms with Crippen LogP contribution in [0.4, 0.5) is 5.69 Å². The third-order valence-corrected chi connectivity index (χ3v) is 2.35. The van der Waals surface area contributed by atoms with Crippen LogP contribution in [0.25, 0.3) is 0 Å². The Morgan fingerprint density at radius 3 is 2.75 bits per heavy atom. The van der Waals surface area contributed by atoms with Gasteiger partial charge in [-0.3, -0.25) is 10.6 Å². The summed E-state index contributed by atoms with van der Waals surface area (Å²) in [6.45, 7) is 2.70. The molecule has 0 unspecified atom stereocenters. The molecule has 88 valence electrons. The molecule has 1 amide bonds. The van der Waals surface area contributed by atoms with Crippen LogP contribution in [0.15, 0.2) is 24.3 Å². The second-order valence-electron chi connectivity index (χ2n) is 3.30. The van der Waals surface area contributed by atoms with Crippen LogP contribution in [0.3, 0.4) is 0 Å². The summed E-state index contributed by atoms with van der Waals surface area (Å²) in [5.41, 5.74) is 3.59. The van der Waals surface area contributed by atoms with E-state index in [-0.39, 0.29) is 12.5 Å². The van der Waals surface area contributed by atoms with Crippen molar-refractivity contribution in [2.45, 2.75) is 6.92 Å². The second kappa shape index (κ2) is 6.09. The Kier molecular flexibility index (Phi) is 4.75. The van der Waals surface area contributed by atoms with E-state index >= 15 is 0 Å². The fourth-order valence-corrected chi connectivity index (χ4v) is 1.49. The van der Waals surface area contributed by atoms with Crippen LogP contribution >= 0.6 is 0 Å². The summed E-state index contributed by atoms with van der Waals surface area (Å²) in [5.74, 6) is 5.20. The van der Waals surface area contributed by atoms with Gasteiger partial charge in [0.15, 0.2) is 0 Å². The van der Waals surface area contributed by atoms with Gasteiger partial charge in [0.05, 0.1) is 17.9 Å². The zero-order chi connectivity index (χ0) is 12.0. The van der Waals surface area contributed by atoms with Gasteiger partial charge < -0.3 is 15.4 Å². The molecule has 0 heterocycles. The van der Waals surface area contributed by atoms with Crippen molar-refractivity contribution < 1.29 is 9.90 Å². The summed E-state index contributed by atoms with van der Waals surface area (Å²) >= 11 is 0. The lowest BCUT2D eigenvalue weighted by Crippen LogP contribution is -2.34. The Labute approximate surface area is 94.8 Å². The number of aliphatic hydroxyl groups excluding tert-OH is 1. The number of para-hydroxylation sites is 1. The average Bonchev–Trinajstić information content (AvgIpc) is 2.35. The van der Waals surface area contributed by atoms with Gasteiger partial charge in [-0.2, -0.15) is 0 Å². The Bertz CT molecular complexity index is 355. The molecule has 0 fully saturated rings. The fourth-order valence-electron chi connectivity index (χ4n) is 1.49. The minimum Gasteiger partial charge on any atom is -0.395 e. The molecule has 0 atom stereocenters. The summed E-state index contributed by atoms with van der Waals surface area (Å²) in [6, 6.07) is 7.02. The molecule has 0 bridgehead atoms. The smallest absolute Gasteiger partial charge is 0.256 e. The lowest BCUT2D eigenvalue weighted by atomic mass is 10.1. The number of aliphatic hydroxyl groups is 1. The van der Waals surface area contributed by atoms with E-state index in [1.807, 2.05) is 6.92 Å². The van der Waals surface area contributed by atoms with Gasteiger partial charge in [-0.25, -0.2) is 0 Å². The highest BCUT2D eigenvalue weighted by molar-refractivity contribution is 5.99. The summed E-state index contributed by atoms with van der Waals surface area (Å²) in [6.07, 6.45) is 0. The quantitative estimate of drug-likeness (QED) is 0.499. The highest BCUT2D eigenvalue weighted by Crippen LogP contribution is 2.15. The highest BCUT2D eigenvalue weighted by Gasteiger charge is 2.16. The van der Waals surface area contributed by atoms with E-state index in [1.54, 1.807) is 29.2 Å². The maximum atomic E-state index is 12.1. The number of hydrogen-bond acceptors (Lipinski definition) is 4. The number of hydrogen-bond donors (Lipinski definition) is 3. The summed E-state index contributed by atoms with van der Waals surface area (Å²) in [7, 11) is 0. The average molecular weight is 223 g/mol.